The summed E-state index contributed by atoms with van der Waals surface area (Å²) < 4.78 is 7.46. The number of H-pyrrole nitrogens is 1. The molecule has 0 fully saturated rings. The number of rotatable bonds is 3. The molecule has 4 aromatic rings. The van der Waals surface area contributed by atoms with Crippen molar-refractivity contribution >= 4 is 33.7 Å². The van der Waals surface area contributed by atoms with E-state index in [2.05, 4.69) is 20.6 Å². The fourth-order valence-electron chi connectivity index (χ4n) is 2.90. The van der Waals surface area contributed by atoms with Crippen molar-refractivity contribution in [2.24, 2.45) is 7.05 Å². The molecule has 0 spiro atoms. The van der Waals surface area contributed by atoms with Gasteiger partial charge in [0.1, 0.15) is 17.2 Å². The zero-order chi connectivity index (χ0) is 16.8. The van der Waals surface area contributed by atoms with Gasteiger partial charge in [0.2, 0.25) is 5.91 Å². The Bertz CT molecular complexity index is 1020. The first-order chi connectivity index (χ1) is 11.5. The van der Waals surface area contributed by atoms with E-state index in [1.54, 1.807) is 4.68 Å². The van der Waals surface area contributed by atoms with Gasteiger partial charge < -0.3 is 9.73 Å². The molecule has 2 N–H and O–H groups in total. The number of hydrogen-bond acceptors (Lipinski definition) is 4. The number of aryl methyl sites for hydroxylation is 2. The SMILES string of the molecule is Cc1nn(C)c2n[nH]c(NC(=O)C(C)c3cc4ccccc4o3)c12. The summed E-state index contributed by atoms with van der Waals surface area (Å²) in [5.41, 5.74) is 2.30. The van der Waals surface area contributed by atoms with Crippen LogP contribution in [0.1, 0.15) is 24.3 Å². The second-order valence-corrected chi connectivity index (χ2v) is 5.90. The van der Waals surface area contributed by atoms with Crippen LogP contribution in [0.4, 0.5) is 5.82 Å². The van der Waals surface area contributed by atoms with Gasteiger partial charge in [0.25, 0.3) is 0 Å². The van der Waals surface area contributed by atoms with Crippen molar-refractivity contribution < 1.29 is 9.21 Å². The summed E-state index contributed by atoms with van der Waals surface area (Å²) in [6.07, 6.45) is 0. The van der Waals surface area contributed by atoms with Crippen molar-refractivity contribution in [1.82, 2.24) is 20.0 Å². The predicted octanol–water partition coefficient (Wildman–Crippen LogP) is 3.09. The molecule has 3 aromatic heterocycles. The molecule has 7 heteroatoms. The van der Waals surface area contributed by atoms with E-state index in [0.29, 0.717) is 17.2 Å². The molecule has 0 saturated heterocycles. The number of nitrogens with one attached hydrogen (secondary N) is 2. The Morgan fingerprint density at radius 1 is 1.38 bits per heavy atom. The molecule has 0 saturated carbocycles. The summed E-state index contributed by atoms with van der Waals surface area (Å²) in [6, 6.07) is 9.61. The van der Waals surface area contributed by atoms with E-state index in [1.807, 2.05) is 51.2 Å². The van der Waals surface area contributed by atoms with Gasteiger partial charge in [0, 0.05) is 12.4 Å². The molecule has 0 aliphatic rings. The molecule has 7 nitrogen and oxygen atoms in total. The highest BCUT2D eigenvalue weighted by Crippen LogP contribution is 2.28. The molecule has 122 valence electrons. The minimum atomic E-state index is -0.423. The van der Waals surface area contributed by atoms with Crippen molar-refractivity contribution in [3.63, 3.8) is 0 Å². The molecule has 1 atom stereocenters. The Morgan fingerprint density at radius 2 is 2.17 bits per heavy atom. The maximum Gasteiger partial charge on any atom is 0.235 e. The number of carbonyl (C=O) groups excluding carboxylic acids is 1. The van der Waals surface area contributed by atoms with Crippen LogP contribution >= 0.6 is 0 Å². The van der Waals surface area contributed by atoms with Crippen LogP contribution in [0, 0.1) is 6.92 Å². The van der Waals surface area contributed by atoms with Gasteiger partial charge in [-0.3, -0.25) is 9.89 Å². The van der Waals surface area contributed by atoms with E-state index < -0.39 is 5.92 Å². The lowest BCUT2D eigenvalue weighted by Gasteiger charge is -2.08. The number of carbonyl (C=O) groups is 1. The Kier molecular flexibility index (Phi) is 3.16. The number of hydrogen-bond donors (Lipinski definition) is 2. The predicted molar refractivity (Wildman–Crippen MR) is 90.9 cm³/mol. The second kappa shape index (κ2) is 5.23. The lowest BCUT2D eigenvalue weighted by molar-refractivity contribution is -0.117. The second-order valence-electron chi connectivity index (χ2n) is 5.90. The highest BCUT2D eigenvalue weighted by atomic mass is 16.3. The third-order valence-corrected chi connectivity index (χ3v) is 4.23. The zero-order valence-electron chi connectivity index (χ0n) is 13.6. The third-order valence-electron chi connectivity index (χ3n) is 4.23. The van der Waals surface area contributed by atoms with Gasteiger partial charge in [0.05, 0.1) is 17.0 Å². The number of nitrogens with zero attached hydrogens (tertiary/aromatic N) is 3. The molecule has 0 bridgehead atoms. The van der Waals surface area contributed by atoms with Gasteiger partial charge in [-0.25, -0.2) is 4.68 Å². The fraction of sp³-hybridized carbons (Fsp3) is 0.235. The summed E-state index contributed by atoms with van der Waals surface area (Å²) in [5.74, 6) is 0.603. The quantitative estimate of drug-likeness (QED) is 0.606. The lowest BCUT2D eigenvalue weighted by Crippen LogP contribution is -2.18. The third kappa shape index (κ3) is 2.17. The molecule has 4 rings (SSSR count). The normalized spacial score (nSPS) is 12.8. The van der Waals surface area contributed by atoms with Gasteiger partial charge in [-0.05, 0) is 26.0 Å². The van der Waals surface area contributed by atoms with E-state index in [4.69, 9.17) is 4.42 Å². The first-order valence-corrected chi connectivity index (χ1v) is 7.71. The Labute approximate surface area is 137 Å². The van der Waals surface area contributed by atoms with Gasteiger partial charge in [0.15, 0.2) is 5.65 Å². The Morgan fingerprint density at radius 3 is 2.96 bits per heavy atom. The lowest BCUT2D eigenvalue weighted by atomic mass is 10.1. The van der Waals surface area contributed by atoms with Crippen molar-refractivity contribution in [2.45, 2.75) is 19.8 Å². The smallest absolute Gasteiger partial charge is 0.235 e. The number of amides is 1. The zero-order valence-corrected chi connectivity index (χ0v) is 13.6. The molecule has 0 radical (unpaired) electrons. The van der Waals surface area contributed by atoms with Crippen LogP contribution in [-0.4, -0.2) is 25.9 Å². The topological polar surface area (TPSA) is 88.7 Å². The fourth-order valence-corrected chi connectivity index (χ4v) is 2.90. The van der Waals surface area contributed by atoms with E-state index >= 15 is 0 Å². The van der Waals surface area contributed by atoms with E-state index in [9.17, 15) is 4.79 Å². The van der Waals surface area contributed by atoms with Crippen LogP contribution in [0.25, 0.3) is 22.0 Å². The number of benzene rings is 1. The number of fused-ring (bicyclic) bond motifs is 2. The highest BCUT2D eigenvalue weighted by molar-refractivity contribution is 6.02. The maximum atomic E-state index is 12.6. The van der Waals surface area contributed by atoms with Crippen LogP contribution in [0.5, 0.6) is 0 Å². The summed E-state index contributed by atoms with van der Waals surface area (Å²) >= 11 is 0. The van der Waals surface area contributed by atoms with Crippen LogP contribution in [0.2, 0.25) is 0 Å². The van der Waals surface area contributed by atoms with Crippen LogP contribution in [-0.2, 0) is 11.8 Å². The molecule has 24 heavy (non-hydrogen) atoms. The minimum absolute atomic E-state index is 0.164. The van der Waals surface area contributed by atoms with Gasteiger partial charge in [-0.2, -0.15) is 10.2 Å². The average molecular weight is 323 g/mol. The standard InChI is InChI=1S/C17H17N5O2/c1-9(13-8-11-6-4-5-7-12(11)24-13)17(23)18-15-14-10(2)21-22(3)16(14)20-19-15/h4-9H,1-3H3,(H2,18,19,20,23). The summed E-state index contributed by atoms with van der Waals surface area (Å²) in [7, 11) is 1.82. The Hall–Kier alpha value is -3.09. The minimum Gasteiger partial charge on any atom is -0.460 e. The monoisotopic (exact) mass is 323 g/mol. The Balaban J connectivity index is 1.62. The summed E-state index contributed by atoms with van der Waals surface area (Å²) in [4.78, 5) is 12.6. The molecule has 0 aliphatic heterocycles. The number of para-hydroxylation sites is 1. The van der Waals surface area contributed by atoms with Crippen molar-refractivity contribution in [3.05, 3.63) is 41.8 Å². The van der Waals surface area contributed by atoms with E-state index in [1.165, 1.54) is 0 Å². The maximum absolute atomic E-state index is 12.6. The van der Waals surface area contributed by atoms with Gasteiger partial charge in [-0.15, -0.1) is 0 Å². The number of furan rings is 1. The van der Waals surface area contributed by atoms with Crippen LogP contribution in [0.15, 0.2) is 34.7 Å². The average Bonchev–Trinajstić information content (AvgIpc) is 3.23. The number of aromatic nitrogens is 4. The number of aromatic amines is 1. The molecule has 1 aromatic carbocycles. The number of anilines is 1. The summed E-state index contributed by atoms with van der Waals surface area (Å²) in [5, 5.41) is 16.1. The molecular weight excluding hydrogens is 306 g/mol. The van der Waals surface area contributed by atoms with Crippen LogP contribution in [0.3, 0.4) is 0 Å². The summed E-state index contributed by atoms with van der Waals surface area (Å²) in [6.45, 7) is 3.70. The molecular formula is C17H17N5O2. The van der Waals surface area contributed by atoms with Crippen molar-refractivity contribution in [3.8, 4) is 0 Å². The van der Waals surface area contributed by atoms with E-state index in [0.717, 1.165) is 22.0 Å². The van der Waals surface area contributed by atoms with Crippen molar-refractivity contribution in [2.75, 3.05) is 5.32 Å². The van der Waals surface area contributed by atoms with Gasteiger partial charge >= 0.3 is 0 Å². The largest absolute Gasteiger partial charge is 0.460 e. The first kappa shape index (κ1) is 14.5. The van der Waals surface area contributed by atoms with E-state index in [-0.39, 0.29) is 5.91 Å². The van der Waals surface area contributed by atoms with Gasteiger partial charge in [-0.1, -0.05) is 18.2 Å². The van der Waals surface area contributed by atoms with Crippen LogP contribution < -0.4 is 5.32 Å². The first-order valence-electron chi connectivity index (χ1n) is 7.71. The molecule has 1 amide bonds. The molecule has 3 heterocycles. The molecule has 0 aliphatic carbocycles. The highest BCUT2D eigenvalue weighted by Gasteiger charge is 2.22. The molecule has 1 unspecified atom stereocenters. The van der Waals surface area contributed by atoms with Crippen molar-refractivity contribution in [1.29, 1.82) is 0 Å².